The lowest BCUT2D eigenvalue weighted by Crippen LogP contribution is -2.24. The van der Waals surface area contributed by atoms with Crippen LogP contribution in [0.1, 0.15) is 38.5 Å². The summed E-state index contributed by atoms with van der Waals surface area (Å²) in [5, 5.41) is 1.02. The van der Waals surface area contributed by atoms with Gasteiger partial charge in [-0.1, -0.05) is 24.6 Å². The van der Waals surface area contributed by atoms with Gasteiger partial charge in [0.2, 0.25) is 0 Å². The van der Waals surface area contributed by atoms with Crippen LogP contribution in [0.25, 0.3) is 0 Å². The average Bonchev–Trinajstić information content (AvgIpc) is 2.78. The Morgan fingerprint density at radius 1 is 0.938 bits per heavy atom. The first-order valence-electron chi connectivity index (χ1n) is 6.68. The van der Waals surface area contributed by atoms with Gasteiger partial charge in [-0.15, -0.1) is 0 Å². The second-order valence-electron chi connectivity index (χ2n) is 5.24. The summed E-state index contributed by atoms with van der Waals surface area (Å²) in [4.78, 5) is 1.63. The first kappa shape index (κ1) is 10.7. The van der Waals surface area contributed by atoms with Crippen molar-refractivity contribution in [3.63, 3.8) is 0 Å². The van der Waals surface area contributed by atoms with Gasteiger partial charge in [0, 0.05) is 10.9 Å². The minimum atomic E-state index is 0.567. The molecule has 0 aromatic heterocycles. The number of fused-ring (bicyclic) bond motifs is 2. The molecule has 1 heteroatoms. The molecule has 1 saturated carbocycles. The highest BCUT2D eigenvalue weighted by Crippen LogP contribution is 2.39. The Balaban J connectivity index is 1.82. The molecule has 1 aromatic carbocycles. The van der Waals surface area contributed by atoms with Crippen molar-refractivity contribution in [3.8, 4) is 0 Å². The third kappa shape index (κ3) is 2.15. The summed E-state index contributed by atoms with van der Waals surface area (Å²) in [6.07, 6.45) is 9.00. The Hall–Kier alpha value is -0.430. The predicted octanol–water partition coefficient (Wildman–Crippen LogP) is 4.02. The molecule has 1 aliphatic carbocycles. The third-order valence-corrected chi connectivity index (χ3v) is 7.01. The van der Waals surface area contributed by atoms with E-state index in [-0.39, 0.29) is 0 Å². The minimum absolute atomic E-state index is 0.567. The van der Waals surface area contributed by atoms with Gasteiger partial charge in [0.05, 0.1) is 0 Å². The molecular weight excluding hydrogens is 212 g/mol. The average molecular weight is 233 g/mol. The van der Waals surface area contributed by atoms with E-state index in [1.54, 1.807) is 4.90 Å². The fourth-order valence-electron chi connectivity index (χ4n) is 3.31. The summed E-state index contributed by atoms with van der Waals surface area (Å²) in [7, 11) is 0.567. The number of hydrogen-bond acceptors (Lipinski definition) is 0. The molecule has 0 nitrogen and oxygen atoms in total. The smallest absolute Gasteiger partial charge is 0.0619 e. The van der Waals surface area contributed by atoms with Crippen LogP contribution < -0.4 is 0 Å². The van der Waals surface area contributed by atoms with E-state index >= 15 is 0 Å². The summed E-state index contributed by atoms with van der Waals surface area (Å²) in [6, 6.07) is 11.3. The molecule has 2 fully saturated rings. The molecule has 0 radical (unpaired) electrons. The summed E-state index contributed by atoms with van der Waals surface area (Å²) in [6.45, 7) is 0. The van der Waals surface area contributed by atoms with Crippen LogP contribution in [0.15, 0.2) is 35.2 Å². The number of benzene rings is 1. The van der Waals surface area contributed by atoms with E-state index < -0.39 is 0 Å². The molecule has 1 aromatic rings. The lowest BCUT2D eigenvalue weighted by molar-refractivity contribution is 0.478. The van der Waals surface area contributed by atoms with E-state index in [0.717, 1.165) is 11.2 Å². The van der Waals surface area contributed by atoms with Crippen LogP contribution >= 0.6 is 0 Å². The van der Waals surface area contributed by atoms with E-state index in [4.69, 9.17) is 0 Å². The Labute approximate surface area is 102 Å². The maximum absolute atomic E-state index is 2.36. The van der Waals surface area contributed by atoms with Gasteiger partial charge in [0.1, 0.15) is 11.0 Å². The minimum Gasteiger partial charge on any atom is -0.0619 e. The van der Waals surface area contributed by atoms with Crippen molar-refractivity contribution in [2.75, 3.05) is 5.75 Å². The molecule has 1 heterocycles. The highest BCUT2D eigenvalue weighted by Gasteiger charge is 2.39. The molecule has 2 aliphatic rings. The van der Waals surface area contributed by atoms with Crippen molar-refractivity contribution >= 4 is 10.9 Å². The van der Waals surface area contributed by atoms with Crippen LogP contribution in [0.5, 0.6) is 0 Å². The maximum atomic E-state index is 2.36. The van der Waals surface area contributed by atoms with Gasteiger partial charge in [0.15, 0.2) is 4.90 Å². The van der Waals surface area contributed by atoms with E-state index in [0.29, 0.717) is 10.9 Å². The highest BCUT2D eigenvalue weighted by molar-refractivity contribution is 7.97. The highest BCUT2D eigenvalue weighted by atomic mass is 32.2. The van der Waals surface area contributed by atoms with Crippen molar-refractivity contribution in [1.29, 1.82) is 0 Å². The summed E-state index contributed by atoms with van der Waals surface area (Å²) in [5.74, 6) is 2.53. The van der Waals surface area contributed by atoms with E-state index in [9.17, 15) is 0 Å². The molecule has 1 aliphatic heterocycles. The van der Waals surface area contributed by atoms with Crippen molar-refractivity contribution in [2.45, 2.75) is 48.7 Å². The van der Waals surface area contributed by atoms with Gasteiger partial charge in [-0.2, -0.15) is 0 Å². The van der Waals surface area contributed by atoms with Crippen LogP contribution in [0.2, 0.25) is 0 Å². The topological polar surface area (TPSA) is 0 Å². The lowest BCUT2D eigenvalue weighted by Gasteiger charge is -2.18. The van der Waals surface area contributed by atoms with Crippen molar-refractivity contribution in [3.05, 3.63) is 30.3 Å². The molecule has 2 bridgehead atoms. The largest absolute Gasteiger partial charge is 0.155 e. The summed E-state index contributed by atoms with van der Waals surface area (Å²) >= 11 is 0. The quantitative estimate of drug-likeness (QED) is 0.643. The molecule has 0 amide bonds. The van der Waals surface area contributed by atoms with Gasteiger partial charge in [-0.05, 0) is 50.2 Å². The monoisotopic (exact) mass is 233 g/mol. The number of rotatable bonds is 1. The second kappa shape index (κ2) is 4.83. The Bertz CT molecular complexity index is 333. The fourth-order valence-corrected chi connectivity index (χ4v) is 6.21. The molecule has 3 rings (SSSR count). The zero-order valence-corrected chi connectivity index (χ0v) is 10.7. The number of hydrogen-bond donors (Lipinski definition) is 0. The Morgan fingerprint density at radius 3 is 2.69 bits per heavy atom. The molecule has 0 N–H and O–H groups in total. The van der Waals surface area contributed by atoms with Gasteiger partial charge in [0.25, 0.3) is 0 Å². The van der Waals surface area contributed by atoms with Crippen LogP contribution in [0, 0.1) is 5.92 Å². The summed E-state index contributed by atoms with van der Waals surface area (Å²) < 4.78 is 0. The normalized spacial score (nSPS) is 34.4. The standard InChI is InChI=1S/C15H21S/c1-2-7-14(8-3-1)16-11-5-4-6-13-9-10-15(16)12-13/h1-3,7-8,13,15H,4-6,9-12H2/q+1. The van der Waals surface area contributed by atoms with Crippen LogP contribution in [0.4, 0.5) is 0 Å². The van der Waals surface area contributed by atoms with Gasteiger partial charge < -0.3 is 0 Å². The van der Waals surface area contributed by atoms with E-state index in [2.05, 4.69) is 30.3 Å². The zero-order chi connectivity index (χ0) is 10.8. The van der Waals surface area contributed by atoms with E-state index in [1.165, 1.54) is 44.3 Å². The zero-order valence-electron chi connectivity index (χ0n) is 9.90. The second-order valence-corrected chi connectivity index (χ2v) is 7.65. The van der Waals surface area contributed by atoms with Crippen molar-refractivity contribution < 1.29 is 0 Å². The Morgan fingerprint density at radius 2 is 1.81 bits per heavy atom. The predicted molar refractivity (Wildman–Crippen MR) is 71.9 cm³/mol. The van der Waals surface area contributed by atoms with Crippen molar-refractivity contribution in [2.24, 2.45) is 5.92 Å². The van der Waals surface area contributed by atoms with Crippen molar-refractivity contribution in [1.82, 2.24) is 0 Å². The fraction of sp³-hybridized carbons (Fsp3) is 0.600. The molecule has 1 saturated heterocycles. The molecule has 86 valence electrons. The lowest BCUT2D eigenvalue weighted by atomic mass is 10.0. The third-order valence-electron chi connectivity index (χ3n) is 4.17. The molecule has 16 heavy (non-hydrogen) atoms. The van der Waals surface area contributed by atoms with Gasteiger partial charge in [-0.3, -0.25) is 0 Å². The molecule has 3 unspecified atom stereocenters. The van der Waals surface area contributed by atoms with E-state index in [1.807, 2.05) is 0 Å². The van der Waals surface area contributed by atoms with Gasteiger partial charge in [-0.25, -0.2) is 0 Å². The summed E-state index contributed by atoms with van der Waals surface area (Å²) in [5.41, 5.74) is 0. The SMILES string of the molecule is c1ccc([S+]2CCCCC3CCC2C3)cc1. The molecule has 3 atom stereocenters. The molecular formula is C15H21S+. The Kier molecular flexibility index (Phi) is 3.23. The van der Waals surface area contributed by atoms with Crippen LogP contribution in [0.3, 0.4) is 0 Å². The maximum Gasteiger partial charge on any atom is 0.155 e. The first-order valence-corrected chi connectivity index (χ1v) is 8.14. The van der Waals surface area contributed by atoms with Crippen LogP contribution in [-0.2, 0) is 10.9 Å². The first-order chi connectivity index (χ1) is 7.93. The van der Waals surface area contributed by atoms with Crippen LogP contribution in [-0.4, -0.2) is 11.0 Å². The molecule has 0 spiro atoms. The van der Waals surface area contributed by atoms with Gasteiger partial charge >= 0.3 is 0 Å².